The molecular formula is C72H52N6. The lowest BCUT2D eigenvalue weighted by molar-refractivity contribution is 1.32. The molecule has 6 nitrogen and oxygen atoms in total. The molecule has 0 bridgehead atoms. The molecule has 2 N–H and O–H groups in total. The van der Waals surface area contributed by atoms with Crippen LogP contribution in [0.3, 0.4) is 0 Å². The van der Waals surface area contributed by atoms with E-state index in [-0.39, 0.29) is 0 Å². The van der Waals surface area contributed by atoms with Gasteiger partial charge in [-0.25, -0.2) is 0 Å². The molecule has 0 saturated heterocycles. The van der Waals surface area contributed by atoms with E-state index in [0.717, 1.165) is 134 Å². The Morgan fingerprint density at radius 2 is 0.513 bits per heavy atom. The smallest absolute Gasteiger partial charge is 0.0346 e. The number of hydrogen-bond acceptors (Lipinski definition) is 6. The summed E-state index contributed by atoms with van der Waals surface area (Å²) in [6, 6.07) is 73.8. The molecule has 0 radical (unpaired) electrons. The number of hydrogen-bond donors (Lipinski definition) is 1. The van der Waals surface area contributed by atoms with Crippen LogP contribution >= 0.6 is 0 Å². The number of aromatic nitrogens is 5. The third-order valence-corrected chi connectivity index (χ3v) is 14.2. The second kappa shape index (κ2) is 22.2. The zero-order valence-electron chi connectivity index (χ0n) is 42.9. The number of benzene rings is 7. The van der Waals surface area contributed by atoms with E-state index < -0.39 is 0 Å². The molecular weight excluding hydrogens is 949 g/mol. The third kappa shape index (κ3) is 10.7. The Bertz CT molecular complexity index is 4070. The van der Waals surface area contributed by atoms with E-state index in [9.17, 15) is 0 Å². The van der Waals surface area contributed by atoms with Gasteiger partial charge in [-0.1, -0.05) is 115 Å². The van der Waals surface area contributed by atoms with E-state index in [1.54, 1.807) is 6.20 Å². The molecule has 5 aromatic heterocycles. The molecule has 78 heavy (non-hydrogen) atoms. The summed E-state index contributed by atoms with van der Waals surface area (Å²) < 4.78 is 0. The highest BCUT2D eigenvalue weighted by Gasteiger charge is 2.15. The van der Waals surface area contributed by atoms with Crippen LogP contribution in [0.4, 0.5) is 0 Å². The van der Waals surface area contributed by atoms with Gasteiger partial charge < -0.3 is 5.73 Å². The summed E-state index contributed by atoms with van der Waals surface area (Å²) in [4.78, 5) is 23.0. The quantitative estimate of drug-likeness (QED) is 0.116. The fourth-order valence-electron chi connectivity index (χ4n) is 10.1. The Morgan fingerprint density at radius 1 is 0.269 bits per heavy atom. The second-order valence-electron chi connectivity index (χ2n) is 19.4. The van der Waals surface area contributed by atoms with Gasteiger partial charge in [0.25, 0.3) is 0 Å². The molecule has 0 unspecified atom stereocenters. The Labute approximate surface area is 455 Å². The van der Waals surface area contributed by atoms with Crippen molar-refractivity contribution in [3.63, 3.8) is 0 Å². The van der Waals surface area contributed by atoms with Crippen molar-refractivity contribution in [2.45, 2.75) is 6.92 Å². The molecule has 0 aliphatic carbocycles. The minimum absolute atomic E-state index is 1.01. The van der Waals surface area contributed by atoms with Crippen LogP contribution in [0.1, 0.15) is 12.5 Å². The summed E-state index contributed by atoms with van der Waals surface area (Å²) in [5.74, 6) is 0. The van der Waals surface area contributed by atoms with Crippen molar-refractivity contribution in [3.8, 4) is 122 Å². The number of allylic oxidation sites excluding steroid dienone is 3. The molecule has 6 heteroatoms. The van der Waals surface area contributed by atoms with Crippen LogP contribution in [-0.2, 0) is 0 Å². The Hall–Kier alpha value is -10.4. The van der Waals surface area contributed by atoms with Crippen molar-refractivity contribution in [2.24, 2.45) is 5.73 Å². The number of pyridine rings is 5. The molecule has 12 aromatic rings. The van der Waals surface area contributed by atoms with Crippen LogP contribution in [-0.4, -0.2) is 24.9 Å². The zero-order chi connectivity index (χ0) is 52.6. The van der Waals surface area contributed by atoms with Crippen LogP contribution in [0.5, 0.6) is 0 Å². The van der Waals surface area contributed by atoms with E-state index in [1.807, 2.05) is 92.3 Å². The van der Waals surface area contributed by atoms with Gasteiger partial charge in [0.05, 0.1) is 0 Å². The first-order chi connectivity index (χ1) is 38.5. The molecule has 0 aliphatic rings. The molecule has 0 amide bonds. The third-order valence-electron chi connectivity index (χ3n) is 14.2. The molecule has 5 heterocycles. The van der Waals surface area contributed by atoms with Gasteiger partial charge in [0, 0.05) is 101 Å². The molecule has 12 rings (SSSR count). The molecule has 7 aromatic carbocycles. The van der Waals surface area contributed by atoms with Crippen molar-refractivity contribution >= 4 is 5.57 Å². The lowest BCUT2D eigenvalue weighted by Gasteiger charge is -2.14. The predicted molar refractivity (Wildman–Crippen MR) is 322 cm³/mol. The molecule has 0 atom stereocenters. The van der Waals surface area contributed by atoms with Crippen LogP contribution in [0.15, 0.2) is 287 Å². The fourth-order valence-corrected chi connectivity index (χ4v) is 10.1. The number of nitrogens with zero attached hydrogens (tertiary/aromatic N) is 5. The van der Waals surface area contributed by atoms with Gasteiger partial charge >= 0.3 is 0 Å². The van der Waals surface area contributed by atoms with E-state index in [1.165, 1.54) is 0 Å². The first-order valence-corrected chi connectivity index (χ1v) is 26.0. The first-order valence-electron chi connectivity index (χ1n) is 26.0. The summed E-state index contributed by atoms with van der Waals surface area (Å²) >= 11 is 0. The first kappa shape index (κ1) is 48.5. The molecule has 0 spiro atoms. The van der Waals surface area contributed by atoms with Crippen molar-refractivity contribution in [1.82, 2.24) is 24.9 Å². The minimum atomic E-state index is 1.01. The van der Waals surface area contributed by atoms with Crippen LogP contribution in [0.25, 0.3) is 128 Å². The summed E-state index contributed by atoms with van der Waals surface area (Å²) in [6.45, 7) is 2.11. The highest BCUT2D eigenvalue weighted by molar-refractivity contribution is 5.88. The summed E-state index contributed by atoms with van der Waals surface area (Å²) in [5.41, 5.74) is 31.7. The lowest BCUT2D eigenvalue weighted by Crippen LogP contribution is -1.90. The summed E-state index contributed by atoms with van der Waals surface area (Å²) in [5, 5.41) is 0. The summed E-state index contributed by atoms with van der Waals surface area (Å²) in [6.07, 6.45) is 24.5. The molecule has 0 aliphatic heterocycles. The van der Waals surface area contributed by atoms with Gasteiger partial charge in [-0.3, -0.25) is 24.9 Å². The maximum Gasteiger partial charge on any atom is 0.0346 e. The van der Waals surface area contributed by atoms with Gasteiger partial charge in [0.2, 0.25) is 0 Å². The average molecular weight is 1000 g/mol. The van der Waals surface area contributed by atoms with E-state index in [2.05, 4.69) is 210 Å². The van der Waals surface area contributed by atoms with Crippen molar-refractivity contribution in [1.29, 1.82) is 0 Å². The van der Waals surface area contributed by atoms with Gasteiger partial charge in [0.1, 0.15) is 0 Å². The molecule has 0 saturated carbocycles. The Balaban J connectivity index is 0.912. The van der Waals surface area contributed by atoms with E-state index in [0.29, 0.717) is 0 Å². The molecule has 370 valence electrons. The summed E-state index contributed by atoms with van der Waals surface area (Å²) in [7, 11) is 0. The standard InChI is InChI=1S/C72H52N6/c1-49(11-7-25-73)50-12-2-16-54(29-50)63-34-64(55-17-3-13-51(30-55)60-22-8-26-74-42-60)37-67(36-63)71-40-69(45-77-47-71)58-20-6-21-59(33-58)70-41-72(48-78-46-70)68-38-65(56-18-4-14-52(31-56)61-23-9-27-75-43-61)35-66(39-68)57-19-5-15-53(32-57)62-24-10-28-76-44-62/h2-48H,73H2,1H3/b25-7-,49-11+. The van der Waals surface area contributed by atoms with Crippen LogP contribution in [0, 0.1) is 0 Å². The van der Waals surface area contributed by atoms with Gasteiger partial charge in [-0.05, 0) is 211 Å². The topological polar surface area (TPSA) is 90.5 Å². The van der Waals surface area contributed by atoms with Gasteiger partial charge in [0.15, 0.2) is 0 Å². The normalized spacial score (nSPS) is 11.5. The van der Waals surface area contributed by atoms with E-state index in [4.69, 9.17) is 15.7 Å². The van der Waals surface area contributed by atoms with Crippen molar-refractivity contribution in [2.75, 3.05) is 0 Å². The highest BCUT2D eigenvalue weighted by Crippen LogP contribution is 2.39. The van der Waals surface area contributed by atoms with Crippen molar-refractivity contribution in [3.05, 3.63) is 292 Å². The largest absolute Gasteiger partial charge is 0.405 e. The Kier molecular flexibility index (Phi) is 13.8. The maximum absolute atomic E-state index is 5.71. The Morgan fingerprint density at radius 3 is 0.846 bits per heavy atom. The fraction of sp³-hybridized carbons (Fsp3) is 0.0139. The zero-order valence-corrected chi connectivity index (χ0v) is 42.9. The van der Waals surface area contributed by atoms with Crippen LogP contribution < -0.4 is 5.73 Å². The average Bonchev–Trinajstić information content (AvgIpc) is 3.54. The maximum atomic E-state index is 5.71. The SMILES string of the molecule is C/C(=C\C=C/N)c1cccc(-c2cc(-c3cccc(-c4cccnc4)c3)cc(-c3cncc(-c4cccc(-c5cncc(-c6cc(-c7cccc(-c8cccnc8)c7)cc(-c7cccc(-c8cccnc8)c7)c6)c5)c4)c3)c2)c1. The van der Waals surface area contributed by atoms with Gasteiger partial charge in [-0.15, -0.1) is 0 Å². The number of nitrogens with two attached hydrogens (primary N) is 1. The molecule has 0 fully saturated rings. The van der Waals surface area contributed by atoms with Crippen molar-refractivity contribution < 1.29 is 0 Å². The van der Waals surface area contributed by atoms with Crippen LogP contribution in [0.2, 0.25) is 0 Å². The number of rotatable bonds is 13. The monoisotopic (exact) mass is 1000 g/mol. The lowest BCUT2D eigenvalue weighted by atomic mass is 9.90. The predicted octanol–water partition coefficient (Wildman–Crippen LogP) is 17.9. The minimum Gasteiger partial charge on any atom is -0.405 e. The van der Waals surface area contributed by atoms with Gasteiger partial charge in [-0.2, -0.15) is 0 Å². The van der Waals surface area contributed by atoms with E-state index >= 15 is 0 Å². The highest BCUT2D eigenvalue weighted by atomic mass is 14.6. The second-order valence-corrected chi connectivity index (χ2v) is 19.4.